The van der Waals surface area contributed by atoms with Crippen molar-refractivity contribution in [2.75, 3.05) is 18.4 Å². The van der Waals surface area contributed by atoms with Gasteiger partial charge >= 0.3 is 0 Å². The summed E-state index contributed by atoms with van der Waals surface area (Å²) >= 11 is 0. The van der Waals surface area contributed by atoms with Crippen LogP contribution in [0, 0.1) is 5.92 Å². The van der Waals surface area contributed by atoms with Gasteiger partial charge in [0.05, 0.1) is 0 Å². The molecule has 22 heavy (non-hydrogen) atoms. The second kappa shape index (κ2) is 6.93. The fourth-order valence-electron chi connectivity index (χ4n) is 3.32. The molecule has 0 spiro atoms. The van der Waals surface area contributed by atoms with Gasteiger partial charge in [-0.3, -0.25) is 4.90 Å². The van der Waals surface area contributed by atoms with E-state index in [1.54, 1.807) is 0 Å². The minimum absolute atomic E-state index is 0.488. The maximum Gasteiger partial charge on any atom is 0.135 e. The topological polar surface area (TPSA) is 28.2 Å². The predicted octanol–water partition coefficient (Wildman–Crippen LogP) is 4.62. The Morgan fingerprint density at radius 2 is 2.00 bits per heavy atom. The summed E-state index contributed by atoms with van der Waals surface area (Å²) in [7, 11) is 0. The molecule has 2 aromatic rings. The zero-order valence-electron chi connectivity index (χ0n) is 13.5. The number of anilines is 2. The second-order valence-electron chi connectivity index (χ2n) is 6.48. The molecule has 116 valence electrons. The van der Waals surface area contributed by atoms with Crippen molar-refractivity contribution in [1.29, 1.82) is 0 Å². The molecule has 0 amide bonds. The van der Waals surface area contributed by atoms with Gasteiger partial charge in [-0.25, -0.2) is 4.98 Å². The van der Waals surface area contributed by atoms with E-state index in [0.29, 0.717) is 12.0 Å². The van der Waals surface area contributed by atoms with Crippen molar-refractivity contribution in [1.82, 2.24) is 9.88 Å². The molecule has 1 atom stereocenters. The van der Waals surface area contributed by atoms with E-state index in [1.807, 2.05) is 24.4 Å². The zero-order valence-corrected chi connectivity index (χ0v) is 13.5. The van der Waals surface area contributed by atoms with Crippen LogP contribution in [0.15, 0.2) is 48.7 Å². The molecule has 1 saturated heterocycles. The summed E-state index contributed by atoms with van der Waals surface area (Å²) in [6.45, 7) is 6.94. The van der Waals surface area contributed by atoms with Crippen molar-refractivity contribution in [3.8, 4) is 0 Å². The summed E-state index contributed by atoms with van der Waals surface area (Å²) in [5.74, 6) is 1.69. The number of nitrogens with one attached hydrogen (secondary N) is 1. The van der Waals surface area contributed by atoms with Gasteiger partial charge in [-0.15, -0.1) is 0 Å². The monoisotopic (exact) mass is 295 g/mol. The minimum Gasteiger partial charge on any atom is -0.340 e. The molecule has 0 unspecified atom stereocenters. The van der Waals surface area contributed by atoms with Gasteiger partial charge in [-0.1, -0.05) is 38.1 Å². The normalized spacial score (nSPS) is 18.8. The Bertz CT molecular complexity index is 595. The number of benzene rings is 1. The van der Waals surface area contributed by atoms with Crippen LogP contribution in [0.1, 0.15) is 38.3 Å². The molecule has 3 rings (SSSR count). The van der Waals surface area contributed by atoms with Crippen molar-refractivity contribution in [2.45, 2.75) is 32.7 Å². The van der Waals surface area contributed by atoms with Crippen LogP contribution in [0.2, 0.25) is 0 Å². The van der Waals surface area contributed by atoms with E-state index in [0.717, 1.165) is 18.1 Å². The molecule has 3 nitrogen and oxygen atoms in total. The molecule has 1 aliphatic heterocycles. The molecule has 1 aromatic heterocycles. The standard InChI is InChI=1S/C19H25N3/c1-15(2)14-22-13-7-11-18(22)17-10-6-12-20-19(17)21-16-8-4-3-5-9-16/h3-6,8-10,12,15,18H,7,11,13-14H2,1-2H3,(H,20,21)/t18-/m0/s1. The number of aromatic nitrogens is 1. The van der Waals surface area contributed by atoms with Crippen LogP contribution < -0.4 is 5.32 Å². The number of likely N-dealkylation sites (tertiary alicyclic amines) is 1. The lowest BCUT2D eigenvalue weighted by atomic mass is 10.0. The number of hydrogen-bond donors (Lipinski definition) is 1. The van der Waals surface area contributed by atoms with Crippen LogP contribution in [-0.4, -0.2) is 23.0 Å². The second-order valence-corrected chi connectivity index (χ2v) is 6.48. The van der Waals surface area contributed by atoms with E-state index in [4.69, 9.17) is 0 Å². The van der Waals surface area contributed by atoms with Gasteiger partial charge < -0.3 is 5.32 Å². The van der Waals surface area contributed by atoms with Crippen LogP contribution in [0.5, 0.6) is 0 Å². The van der Waals surface area contributed by atoms with Crippen molar-refractivity contribution in [3.05, 3.63) is 54.2 Å². The summed E-state index contributed by atoms with van der Waals surface area (Å²) in [5.41, 5.74) is 2.42. The molecule has 3 heteroatoms. The highest BCUT2D eigenvalue weighted by Crippen LogP contribution is 2.36. The van der Waals surface area contributed by atoms with Crippen LogP contribution in [0.3, 0.4) is 0 Å². The largest absolute Gasteiger partial charge is 0.340 e. The third-order valence-corrected chi connectivity index (χ3v) is 4.20. The SMILES string of the molecule is CC(C)CN1CCC[C@H]1c1cccnc1Nc1ccccc1. The first kappa shape index (κ1) is 15.0. The van der Waals surface area contributed by atoms with Gasteiger partial charge in [0.25, 0.3) is 0 Å². The Morgan fingerprint density at radius 1 is 1.18 bits per heavy atom. The molecule has 1 N–H and O–H groups in total. The van der Waals surface area contributed by atoms with Crippen LogP contribution in [0.25, 0.3) is 0 Å². The molecular formula is C19H25N3. The summed E-state index contributed by atoms with van der Waals surface area (Å²) in [6, 6.07) is 15.1. The molecule has 0 saturated carbocycles. The van der Waals surface area contributed by atoms with E-state index < -0.39 is 0 Å². The highest BCUT2D eigenvalue weighted by molar-refractivity contribution is 5.59. The highest BCUT2D eigenvalue weighted by Gasteiger charge is 2.28. The van der Waals surface area contributed by atoms with Gasteiger partial charge in [0.15, 0.2) is 0 Å². The van der Waals surface area contributed by atoms with Crippen LogP contribution in [-0.2, 0) is 0 Å². The molecule has 1 fully saturated rings. The van der Waals surface area contributed by atoms with Gasteiger partial charge in [-0.05, 0) is 43.5 Å². The average Bonchev–Trinajstić information content (AvgIpc) is 2.96. The molecule has 1 aromatic carbocycles. The Morgan fingerprint density at radius 3 is 2.77 bits per heavy atom. The molecule has 2 heterocycles. The van der Waals surface area contributed by atoms with E-state index in [1.165, 1.54) is 24.9 Å². The average molecular weight is 295 g/mol. The first-order valence-corrected chi connectivity index (χ1v) is 8.25. The lowest BCUT2D eigenvalue weighted by Gasteiger charge is -2.27. The molecule has 1 aliphatic rings. The Labute approximate surface area is 133 Å². The van der Waals surface area contributed by atoms with E-state index in [9.17, 15) is 0 Å². The molecule has 0 radical (unpaired) electrons. The van der Waals surface area contributed by atoms with Crippen molar-refractivity contribution in [3.63, 3.8) is 0 Å². The van der Waals surface area contributed by atoms with E-state index in [-0.39, 0.29) is 0 Å². The maximum atomic E-state index is 4.59. The lowest BCUT2D eigenvalue weighted by molar-refractivity contribution is 0.229. The van der Waals surface area contributed by atoms with E-state index >= 15 is 0 Å². The smallest absolute Gasteiger partial charge is 0.135 e. The summed E-state index contributed by atoms with van der Waals surface area (Å²) in [5, 5.41) is 3.49. The number of para-hydroxylation sites is 1. The minimum atomic E-state index is 0.488. The number of nitrogens with zero attached hydrogens (tertiary/aromatic N) is 2. The number of rotatable bonds is 5. The van der Waals surface area contributed by atoms with Crippen LogP contribution >= 0.6 is 0 Å². The quantitative estimate of drug-likeness (QED) is 0.872. The molecule has 0 aliphatic carbocycles. The fourth-order valence-corrected chi connectivity index (χ4v) is 3.32. The Hall–Kier alpha value is -1.87. The first-order chi connectivity index (χ1) is 10.7. The zero-order chi connectivity index (χ0) is 15.4. The van der Waals surface area contributed by atoms with Crippen molar-refractivity contribution >= 4 is 11.5 Å². The first-order valence-electron chi connectivity index (χ1n) is 8.25. The van der Waals surface area contributed by atoms with Gasteiger partial charge in [0.1, 0.15) is 5.82 Å². The third-order valence-electron chi connectivity index (χ3n) is 4.20. The summed E-state index contributed by atoms with van der Waals surface area (Å²) < 4.78 is 0. The predicted molar refractivity (Wildman–Crippen MR) is 92.3 cm³/mol. The third kappa shape index (κ3) is 3.47. The van der Waals surface area contributed by atoms with Crippen LogP contribution in [0.4, 0.5) is 11.5 Å². The van der Waals surface area contributed by atoms with Gasteiger partial charge in [0.2, 0.25) is 0 Å². The van der Waals surface area contributed by atoms with Gasteiger partial charge in [0, 0.05) is 30.0 Å². The lowest BCUT2D eigenvalue weighted by Crippen LogP contribution is -2.27. The van der Waals surface area contributed by atoms with Crippen molar-refractivity contribution < 1.29 is 0 Å². The highest BCUT2D eigenvalue weighted by atomic mass is 15.2. The number of hydrogen-bond acceptors (Lipinski definition) is 3. The van der Waals surface area contributed by atoms with E-state index in [2.05, 4.69) is 53.3 Å². The molecule has 0 bridgehead atoms. The Kier molecular flexibility index (Phi) is 4.74. The summed E-state index contributed by atoms with van der Waals surface area (Å²) in [6.07, 6.45) is 4.37. The van der Waals surface area contributed by atoms with Gasteiger partial charge in [-0.2, -0.15) is 0 Å². The van der Waals surface area contributed by atoms with Crippen molar-refractivity contribution in [2.24, 2.45) is 5.92 Å². The maximum absolute atomic E-state index is 4.59. The number of pyridine rings is 1. The molecular weight excluding hydrogens is 270 g/mol. The Balaban J connectivity index is 1.84. The summed E-state index contributed by atoms with van der Waals surface area (Å²) in [4.78, 5) is 7.20. The fraction of sp³-hybridized carbons (Fsp3) is 0.421.